The van der Waals surface area contributed by atoms with E-state index in [1.165, 1.54) is 7.11 Å². The van der Waals surface area contributed by atoms with Crippen LogP contribution in [0.1, 0.15) is 32.1 Å². The number of rotatable bonds is 2. The minimum atomic E-state index is -0.742. The summed E-state index contributed by atoms with van der Waals surface area (Å²) in [5, 5.41) is 4.26. The molecule has 0 aromatic rings. The number of hydrogen-bond donors (Lipinski definition) is 0. The summed E-state index contributed by atoms with van der Waals surface area (Å²) >= 11 is 0. The van der Waals surface area contributed by atoms with E-state index in [0.29, 0.717) is 38.9 Å². The number of amides is 1. The molecular weight excluding hydrogens is 220 g/mol. The van der Waals surface area contributed by atoms with Crippen molar-refractivity contribution in [2.75, 3.05) is 26.7 Å². The van der Waals surface area contributed by atoms with Crippen molar-refractivity contribution in [1.82, 2.24) is 10.2 Å². The van der Waals surface area contributed by atoms with Crippen LogP contribution in [-0.4, -0.2) is 49.1 Å². The molecule has 2 aliphatic heterocycles. The molecule has 5 nitrogen and oxygen atoms in total. The lowest BCUT2D eigenvalue weighted by Crippen LogP contribution is -2.62. The van der Waals surface area contributed by atoms with Crippen LogP contribution in [0, 0.1) is 0 Å². The van der Waals surface area contributed by atoms with Gasteiger partial charge in [0.15, 0.2) is 0 Å². The molecule has 2 heterocycles. The summed E-state index contributed by atoms with van der Waals surface area (Å²) in [7, 11) is 1.39. The topological polar surface area (TPSA) is 60.7 Å². The summed E-state index contributed by atoms with van der Waals surface area (Å²) in [5.41, 5.74) is -0.742. The second-order valence-electron chi connectivity index (χ2n) is 4.70. The Bertz CT molecular complexity index is 311. The lowest BCUT2D eigenvalue weighted by Gasteiger charge is -2.45. The first-order valence-corrected chi connectivity index (χ1v) is 6.23. The Labute approximate surface area is 101 Å². The van der Waals surface area contributed by atoms with Crippen LogP contribution < -0.4 is 5.32 Å². The minimum Gasteiger partial charge on any atom is -0.467 e. The van der Waals surface area contributed by atoms with E-state index in [1.54, 1.807) is 4.90 Å². The van der Waals surface area contributed by atoms with Crippen molar-refractivity contribution in [3.63, 3.8) is 0 Å². The minimum absolute atomic E-state index is 0.0866. The highest BCUT2D eigenvalue weighted by molar-refractivity contribution is 5.88. The Morgan fingerprint density at radius 2 is 2.06 bits per heavy atom. The molecule has 0 saturated carbocycles. The predicted molar refractivity (Wildman–Crippen MR) is 61.4 cm³/mol. The molecule has 1 amide bonds. The second-order valence-corrected chi connectivity index (χ2v) is 4.70. The normalized spacial score (nSPS) is 24.5. The van der Waals surface area contributed by atoms with Gasteiger partial charge in [0, 0.05) is 26.1 Å². The molecule has 0 aromatic carbocycles. The van der Waals surface area contributed by atoms with Gasteiger partial charge in [-0.1, -0.05) is 0 Å². The molecule has 0 aliphatic carbocycles. The molecule has 2 fully saturated rings. The van der Waals surface area contributed by atoms with Crippen LogP contribution in [0.2, 0.25) is 0 Å². The van der Waals surface area contributed by atoms with E-state index in [1.807, 2.05) is 0 Å². The largest absolute Gasteiger partial charge is 0.467 e. The smallest absolute Gasteiger partial charge is 0.331 e. The highest BCUT2D eigenvalue weighted by Gasteiger charge is 2.48. The van der Waals surface area contributed by atoms with Gasteiger partial charge >= 0.3 is 5.97 Å². The average Bonchev–Trinajstić information content (AvgIpc) is 2.39. The number of hydrogen-bond acceptors (Lipinski definition) is 3. The fraction of sp³-hybridized carbons (Fsp3) is 0.833. The molecule has 2 aliphatic rings. The number of esters is 1. The molecule has 0 atom stereocenters. The van der Waals surface area contributed by atoms with Crippen molar-refractivity contribution in [1.29, 1.82) is 0 Å². The number of carbonyl (C=O) groups excluding carboxylic acids is 2. The maximum absolute atomic E-state index is 12.1. The van der Waals surface area contributed by atoms with Crippen molar-refractivity contribution in [2.24, 2.45) is 0 Å². The summed E-state index contributed by atoms with van der Waals surface area (Å²) in [6, 6.07) is 0. The van der Waals surface area contributed by atoms with Gasteiger partial charge in [-0.05, 0) is 25.7 Å². The first kappa shape index (κ1) is 12.4. The third-order valence-corrected chi connectivity index (χ3v) is 3.77. The molecule has 2 saturated heterocycles. The van der Waals surface area contributed by atoms with Gasteiger partial charge in [-0.15, -0.1) is 0 Å². The van der Waals surface area contributed by atoms with Crippen LogP contribution in [0.4, 0.5) is 0 Å². The molecular formula is C12H19N2O3. The van der Waals surface area contributed by atoms with Crippen molar-refractivity contribution >= 4 is 11.9 Å². The third-order valence-electron chi connectivity index (χ3n) is 3.77. The fourth-order valence-corrected chi connectivity index (χ4v) is 2.80. The van der Waals surface area contributed by atoms with E-state index >= 15 is 0 Å². The molecule has 5 heteroatoms. The van der Waals surface area contributed by atoms with Gasteiger partial charge in [-0.25, -0.2) is 10.1 Å². The van der Waals surface area contributed by atoms with E-state index in [0.717, 1.165) is 12.8 Å². The van der Waals surface area contributed by atoms with Gasteiger partial charge in [0.25, 0.3) is 0 Å². The molecule has 0 bridgehead atoms. The number of likely N-dealkylation sites (tertiary alicyclic amines) is 1. The van der Waals surface area contributed by atoms with E-state index in [4.69, 9.17) is 4.74 Å². The van der Waals surface area contributed by atoms with Gasteiger partial charge in [-0.3, -0.25) is 4.79 Å². The van der Waals surface area contributed by atoms with Crippen LogP contribution >= 0.6 is 0 Å². The number of piperidine rings is 2. The lowest BCUT2D eigenvalue weighted by atomic mass is 9.84. The molecule has 2 rings (SSSR count). The van der Waals surface area contributed by atoms with Gasteiger partial charge in [-0.2, -0.15) is 0 Å². The number of carbonyl (C=O) groups is 2. The number of nitrogens with zero attached hydrogens (tertiary/aromatic N) is 2. The predicted octanol–water partition coefficient (Wildman–Crippen LogP) is 0.309. The first-order valence-electron chi connectivity index (χ1n) is 6.23. The zero-order chi connectivity index (χ0) is 12.3. The molecule has 95 valence electrons. The zero-order valence-corrected chi connectivity index (χ0v) is 10.3. The van der Waals surface area contributed by atoms with Gasteiger partial charge in [0.2, 0.25) is 5.91 Å². The van der Waals surface area contributed by atoms with Crippen LogP contribution in [0.5, 0.6) is 0 Å². The summed E-state index contributed by atoms with van der Waals surface area (Å²) in [6.45, 7) is 1.95. The van der Waals surface area contributed by atoms with Gasteiger partial charge < -0.3 is 9.64 Å². The summed E-state index contributed by atoms with van der Waals surface area (Å²) in [5.74, 6) is -0.189. The van der Waals surface area contributed by atoms with Crippen molar-refractivity contribution in [3.05, 3.63) is 0 Å². The number of ether oxygens (including phenoxy) is 1. The molecule has 0 aromatic heterocycles. The lowest BCUT2D eigenvalue weighted by molar-refractivity contribution is -0.166. The summed E-state index contributed by atoms with van der Waals surface area (Å²) in [4.78, 5) is 25.8. The summed E-state index contributed by atoms with van der Waals surface area (Å²) < 4.78 is 4.92. The van der Waals surface area contributed by atoms with E-state index in [-0.39, 0.29) is 11.9 Å². The Balaban J connectivity index is 2.24. The third kappa shape index (κ3) is 2.16. The van der Waals surface area contributed by atoms with E-state index in [2.05, 4.69) is 5.32 Å². The van der Waals surface area contributed by atoms with Crippen molar-refractivity contribution in [3.8, 4) is 0 Å². The van der Waals surface area contributed by atoms with E-state index in [9.17, 15) is 9.59 Å². The first-order chi connectivity index (χ1) is 8.20. The molecule has 0 N–H and O–H groups in total. The van der Waals surface area contributed by atoms with Crippen LogP contribution in [0.15, 0.2) is 0 Å². The fourth-order valence-electron chi connectivity index (χ4n) is 2.80. The van der Waals surface area contributed by atoms with Crippen molar-refractivity contribution in [2.45, 2.75) is 37.6 Å². The van der Waals surface area contributed by atoms with E-state index < -0.39 is 5.54 Å². The SMILES string of the molecule is COC(=O)C1(N2CCCCC2=O)CC[N]CC1. The second kappa shape index (κ2) is 5.04. The highest BCUT2D eigenvalue weighted by Crippen LogP contribution is 2.31. The molecule has 17 heavy (non-hydrogen) atoms. The van der Waals surface area contributed by atoms with Crippen LogP contribution in [0.25, 0.3) is 0 Å². The quantitative estimate of drug-likeness (QED) is 0.651. The molecule has 1 radical (unpaired) electrons. The zero-order valence-electron chi connectivity index (χ0n) is 10.3. The molecule has 0 spiro atoms. The van der Waals surface area contributed by atoms with Crippen molar-refractivity contribution < 1.29 is 14.3 Å². The highest BCUT2D eigenvalue weighted by atomic mass is 16.5. The van der Waals surface area contributed by atoms with Gasteiger partial charge in [0.05, 0.1) is 7.11 Å². The van der Waals surface area contributed by atoms with Crippen LogP contribution in [0.3, 0.4) is 0 Å². The Hall–Kier alpha value is -1.10. The maximum Gasteiger partial charge on any atom is 0.331 e. The maximum atomic E-state index is 12.1. The molecule has 0 unspecified atom stereocenters. The Morgan fingerprint density at radius 3 is 2.65 bits per heavy atom. The average molecular weight is 239 g/mol. The monoisotopic (exact) mass is 239 g/mol. The number of methoxy groups -OCH3 is 1. The van der Waals surface area contributed by atoms with Gasteiger partial charge in [0.1, 0.15) is 5.54 Å². The standard InChI is InChI=1S/C12H19N2O3/c1-17-11(16)12(5-7-13-8-6-12)14-9-3-2-4-10(14)15/h2-9H2,1H3. The van der Waals surface area contributed by atoms with Crippen LogP contribution in [-0.2, 0) is 14.3 Å². The Morgan fingerprint density at radius 1 is 1.35 bits per heavy atom. The Kier molecular flexibility index (Phi) is 3.66. The summed E-state index contributed by atoms with van der Waals surface area (Å²) in [6.07, 6.45) is 3.66.